The van der Waals surface area contributed by atoms with Crippen molar-refractivity contribution < 1.29 is 19.4 Å². The normalized spacial score (nSPS) is 10.9. The highest BCUT2D eigenvalue weighted by Crippen LogP contribution is 2.22. The average Bonchev–Trinajstić information content (AvgIpc) is 2.25. The van der Waals surface area contributed by atoms with Crippen LogP contribution in [-0.2, 0) is 20.9 Å². The van der Waals surface area contributed by atoms with Gasteiger partial charge >= 0.3 is 11.9 Å². The molecule has 0 heterocycles. The molecule has 0 radical (unpaired) electrons. The molecule has 1 aromatic carbocycles. The van der Waals surface area contributed by atoms with Gasteiger partial charge in [-0.15, -0.1) is 0 Å². The fraction of sp³-hybridized carbons (Fsp3) is 0.385. The van der Waals surface area contributed by atoms with E-state index in [0.29, 0.717) is 0 Å². The third-order valence-corrected chi connectivity index (χ3v) is 2.36. The Labute approximate surface area is 100 Å². The van der Waals surface area contributed by atoms with Crippen molar-refractivity contribution in [3.63, 3.8) is 0 Å². The van der Waals surface area contributed by atoms with E-state index >= 15 is 0 Å². The Morgan fingerprint density at radius 2 is 1.82 bits per heavy atom. The van der Waals surface area contributed by atoms with Crippen molar-refractivity contribution in [3.8, 4) is 0 Å². The van der Waals surface area contributed by atoms with Crippen LogP contribution in [0.5, 0.6) is 0 Å². The van der Waals surface area contributed by atoms with E-state index < -0.39 is 17.4 Å². The maximum Gasteiger partial charge on any atom is 0.312 e. The maximum atomic E-state index is 11.7. The lowest BCUT2D eigenvalue weighted by molar-refractivity contribution is -0.160. The maximum absolute atomic E-state index is 11.7. The molecule has 0 saturated heterocycles. The second-order valence-electron chi connectivity index (χ2n) is 4.52. The molecule has 0 aliphatic heterocycles. The van der Waals surface area contributed by atoms with Crippen LogP contribution >= 0.6 is 0 Å². The van der Waals surface area contributed by atoms with Gasteiger partial charge in [0.1, 0.15) is 6.61 Å². The van der Waals surface area contributed by atoms with Gasteiger partial charge in [-0.05, 0) is 19.4 Å². The van der Waals surface area contributed by atoms with E-state index in [1.165, 1.54) is 0 Å². The summed E-state index contributed by atoms with van der Waals surface area (Å²) in [6.07, 6.45) is -0.235. The molecule has 0 atom stereocenters. The van der Waals surface area contributed by atoms with Crippen LogP contribution in [0.2, 0.25) is 0 Å². The molecule has 1 N–H and O–H groups in total. The molecule has 17 heavy (non-hydrogen) atoms. The molecule has 92 valence electrons. The molecule has 0 amide bonds. The minimum absolute atomic E-state index is 0.169. The van der Waals surface area contributed by atoms with Crippen LogP contribution in [0, 0.1) is 5.41 Å². The van der Waals surface area contributed by atoms with Crippen LogP contribution in [0.15, 0.2) is 30.3 Å². The SMILES string of the molecule is CC(C)(CC(=O)O)C(=O)OCc1ccccc1. The van der Waals surface area contributed by atoms with E-state index in [4.69, 9.17) is 9.84 Å². The largest absolute Gasteiger partial charge is 0.481 e. The van der Waals surface area contributed by atoms with Crippen molar-refractivity contribution in [1.29, 1.82) is 0 Å². The lowest BCUT2D eigenvalue weighted by Crippen LogP contribution is -2.29. The molecule has 0 aliphatic carbocycles. The Morgan fingerprint density at radius 3 is 2.35 bits per heavy atom. The van der Waals surface area contributed by atoms with Gasteiger partial charge in [0.2, 0.25) is 0 Å². The summed E-state index contributed by atoms with van der Waals surface area (Å²) >= 11 is 0. The van der Waals surface area contributed by atoms with Gasteiger partial charge in [-0.25, -0.2) is 0 Å². The van der Waals surface area contributed by atoms with Crippen molar-refractivity contribution in [1.82, 2.24) is 0 Å². The fourth-order valence-corrected chi connectivity index (χ4v) is 1.37. The zero-order valence-electron chi connectivity index (χ0n) is 9.97. The molecule has 0 fully saturated rings. The number of carboxylic acid groups (broad SMARTS) is 1. The summed E-state index contributed by atoms with van der Waals surface area (Å²) in [5.74, 6) is -1.50. The standard InChI is InChI=1S/C13H16O4/c1-13(2,8-11(14)15)12(16)17-9-10-6-4-3-5-7-10/h3-7H,8-9H2,1-2H3,(H,14,15). The lowest BCUT2D eigenvalue weighted by Gasteiger charge is -2.20. The highest BCUT2D eigenvalue weighted by atomic mass is 16.5. The zero-order valence-corrected chi connectivity index (χ0v) is 9.97. The quantitative estimate of drug-likeness (QED) is 0.796. The minimum Gasteiger partial charge on any atom is -0.481 e. The summed E-state index contributed by atoms with van der Waals surface area (Å²) in [6, 6.07) is 9.27. The van der Waals surface area contributed by atoms with E-state index in [2.05, 4.69) is 0 Å². The first-order valence-electron chi connectivity index (χ1n) is 5.35. The topological polar surface area (TPSA) is 63.6 Å². The first-order valence-corrected chi connectivity index (χ1v) is 5.35. The van der Waals surface area contributed by atoms with E-state index in [0.717, 1.165) is 5.56 Å². The van der Waals surface area contributed by atoms with Gasteiger partial charge < -0.3 is 9.84 Å². The summed E-state index contributed by atoms with van der Waals surface area (Å²) in [5, 5.41) is 8.68. The van der Waals surface area contributed by atoms with Crippen molar-refractivity contribution in [2.75, 3.05) is 0 Å². The van der Waals surface area contributed by atoms with Crippen LogP contribution in [-0.4, -0.2) is 17.0 Å². The lowest BCUT2D eigenvalue weighted by atomic mass is 9.90. The highest BCUT2D eigenvalue weighted by Gasteiger charge is 2.32. The monoisotopic (exact) mass is 236 g/mol. The molecule has 1 aromatic rings. The van der Waals surface area contributed by atoms with Gasteiger partial charge in [0, 0.05) is 0 Å². The predicted molar refractivity (Wildman–Crippen MR) is 62.3 cm³/mol. The fourth-order valence-electron chi connectivity index (χ4n) is 1.37. The van der Waals surface area contributed by atoms with Gasteiger partial charge in [0.05, 0.1) is 11.8 Å². The molecular weight excluding hydrogens is 220 g/mol. The second-order valence-corrected chi connectivity index (χ2v) is 4.52. The summed E-state index contributed by atoms with van der Waals surface area (Å²) in [5.41, 5.74) is -0.118. The number of aliphatic carboxylic acids is 1. The average molecular weight is 236 g/mol. The number of carbonyl (C=O) groups excluding carboxylic acids is 1. The number of carbonyl (C=O) groups is 2. The van der Waals surface area contributed by atoms with Crippen molar-refractivity contribution >= 4 is 11.9 Å². The molecule has 0 spiro atoms. The molecule has 0 saturated carbocycles. The van der Waals surface area contributed by atoms with Gasteiger partial charge in [0.25, 0.3) is 0 Å². The molecule has 1 rings (SSSR count). The first-order chi connectivity index (χ1) is 7.92. The van der Waals surface area contributed by atoms with E-state index in [-0.39, 0.29) is 13.0 Å². The molecule has 0 bridgehead atoms. The first kappa shape index (κ1) is 13.2. The number of carboxylic acids is 1. The predicted octanol–water partition coefficient (Wildman–Crippen LogP) is 2.23. The Morgan fingerprint density at radius 1 is 1.24 bits per heavy atom. The van der Waals surface area contributed by atoms with Crippen LogP contribution in [0.4, 0.5) is 0 Å². The molecule has 0 unspecified atom stereocenters. The molecule has 0 aliphatic rings. The molecule has 4 nitrogen and oxygen atoms in total. The number of benzene rings is 1. The Kier molecular flexibility index (Phi) is 4.26. The van der Waals surface area contributed by atoms with Gasteiger partial charge in [-0.1, -0.05) is 30.3 Å². The van der Waals surface area contributed by atoms with Crippen LogP contribution in [0.25, 0.3) is 0 Å². The number of hydrogen-bond donors (Lipinski definition) is 1. The Bertz CT molecular complexity index is 395. The van der Waals surface area contributed by atoms with Gasteiger partial charge in [-0.3, -0.25) is 9.59 Å². The van der Waals surface area contributed by atoms with Crippen molar-refractivity contribution in [3.05, 3.63) is 35.9 Å². The number of esters is 1. The van der Waals surface area contributed by atoms with Crippen LogP contribution in [0.3, 0.4) is 0 Å². The van der Waals surface area contributed by atoms with Crippen molar-refractivity contribution in [2.24, 2.45) is 5.41 Å². The molecular formula is C13H16O4. The Balaban J connectivity index is 2.52. The van der Waals surface area contributed by atoms with E-state index in [9.17, 15) is 9.59 Å². The van der Waals surface area contributed by atoms with Crippen LogP contribution in [0.1, 0.15) is 25.8 Å². The smallest absolute Gasteiger partial charge is 0.312 e. The summed E-state index contributed by atoms with van der Waals surface area (Å²) < 4.78 is 5.09. The number of rotatable bonds is 5. The number of hydrogen-bond acceptors (Lipinski definition) is 3. The third kappa shape index (κ3) is 4.26. The summed E-state index contributed by atoms with van der Waals surface area (Å²) in [4.78, 5) is 22.3. The summed E-state index contributed by atoms with van der Waals surface area (Å²) in [6.45, 7) is 3.30. The Hall–Kier alpha value is -1.84. The van der Waals surface area contributed by atoms with Gasteiger partial charge in [0.15, 0.2) is 0 Å². The van der Waals surface area contributed by atoms with E-state index in [1.54, 1.807) is 13.8 Å². The highest BCUT2D eigenvalue weighted by molar-refractivity contribution is 5.82. The van der Waals surface area contributed by atoms with Crippen molar-refractivity contribution in [2.45, 2.75) is 26.9 Å². The third-order valence-electron chi connectivity index (χ3n) is 2.36. The van der Waals surface area contributed by atoms with E-state index in [1.807, 2.05) is 30.3 Å². The molecule has 0 aromatic heterocycles. The number of ether oxygens (including phenoxy) is 1. The summed E-state index contributed by atoms with van der Waals surface area (Å²) in [7, 11) is 0. The van der Waals surface area contributed by atoms with Gasteiger partial charge in [-0.2, -0.15) is 0 Å². The van der Waals surface area contributed by atoms with Crippen LogP contribution < -0.4 is 0 Å². The second kappa shape index (κ2) is 5.48. The minimum atomic E-state index is -1.01. The zero-order chi connectivity index (χ0) is 12.9. The molecule has 4 heteroatoms.